The monoisotopic (exact) mass is 229 g/mol. The van der Waals surface area contributed by atoms with Crippen LogP contribution in [0.25, 0.3) is 0 Å². The minimum absolute atomic E-state index is 0.250. The van der Waals surface area contributed by atoms with Crippen LogP contribution in [-0.2, 0) is 13.1 Å². The van der Waals surface area contributed by atoms with Crippen LogP contribution in [-0.4, -0.2) is 10.1 Å². The second kappa shape index (κ2) is 5.32. The Morgan fingerprint density at radius 3 is 2.88 bits per heavy atom. The molecule has 2 rings (SSSR count). The van der Waals surface area contributed by atoms with Gasteiger partial charge in [-0.2, -0.15) is 0 Å². The zero-order chi connectivity index (χ0) is 12.1. The Balaban J connectivity index is 2.07. The number of rotatable bonds is 4. The highest BCUT2D eigenvalue weighted by atomic mass is 16.3. The Morgan fingerprint density at radius 2 is 2.12 bits per heavy atom. The van der Waals surface area contributed by atoms with E-state index in [-0.39, 0.29) is 5.75 Å². The number of nitrogens with zero attached hydrogens (tertiary/aromatic N) is 1. The van der Waals surface area contributed by atoms with E-state index in [9.17, 15) is 5.11 Å². The molecule has 88 valence electrons. The molecule has 0 atom stereocenters. The molecule has 0 unspecified atom stereocenters. The minimum atomic E-state index is 0.250. The van der Waals surface area contributed by atoms with E-state index in [1.807, 2.05) is 12.1 Å². The summed E-state index contributed by atoms with van der Waals surface area (Å²) in [4.78, 5) is 4.08. The SMILES string of the molecule is NCc1ccncc1CNc1cccc(O)c1. The number of anilines is 1. The molecule has 4 nitrogen and oxygen atoms in total. The summed E-state index contributed by atoms with van der Waals surface area (Å²) in [5.41, 5.74) is 8.66. The smallest absolute Gasteiger partial charge is 0.117 e. The zero-order valence-electron chi connectivity index (χ0n) is 9.43. The van der Waals surface area contributed by atoms with Crippen LogP contribution < -0.4 is 11.1 Å². The van der Waals surface area contributed by atoms with Crippen molar-refractivity contribution in [3.8, 4) is 5.75 Å². The molecule has 1 aromatic heterocycles. The number of phenolic OH excluding ortho intramolecular Hbond substituents is 1. The Morgan fingerprint density at radius 1 is 1.24 bits per heavy atom. The van der Waals surface area contributed by atoms with Gasteiger partial charge >= 0.3 is 0 Å². The lowest BCUT2D eigenvalue weighted by Crippen LogP contribution is -2.06. The summed E-state index contributed by atoms with van der Waals surface area (Å²) < 4.78 is 0. The van der Waals surface area contributed by atoms with Crippen LogP contribution in [0.1, 0.15) is 11.1 Å². The summed E-state index contributed by atoms with van der Waals surface area (Å²) in [6.45, 7) is 1.14. The predicted octanol–water partition coefficient (Wildman–Crippen LogP) is 1.86. The lowest BCUT2D eigenvalue weighted by Gasteiger charge is -2.09. The van der Waals surface area contributed by atoms with Crippen molar-refractivity contribution in [2.75, 3.05) is 5.32 Å². The molecule has 1 aromatic carbocycles. The van der Waals surface area contributed by atoms with Gasteiger partial charge in [0, 0.05) is 37.2 Å². The van der Waals surface area contributed by atoms with Crippen molar-refractivity contribution in [3.05, 3.63) is 53.9 Å². The highest BCUT2D eigenvalue weighted by Gasteiger charge is 2.00. The molecule has 1 heterocycles. The van der Waals surface area contributed by atoms with E-state index >= 15 is 0 Å². The van der Waals surface area contributed by atoms with Gasteiger partial charge in [-0.3, -0.25) is 4.98 Å². The molecule has 4 N–H and O–H groups in total. The molecule has 4 heteroatoms. The van der Waals surface area contributed by atoms with Crippen molar-refractivity contribution in [1.82, 2.24) is 4.98 Å². The second-order valence-corrected chi connectivity index (χ2v) is 3.75. The highest BCUT2D eigenvalue weighted by molar-refractivity contribution is 5.48. The van der Waals surface area contributed by atoms with Gasteiger partial charge in [0.2, 0.25) is 0 Å². The van der Waals surface area contributed by atoms with E-state index < -0.39 is 0 Å². The summed E-state index contributed by atoms with van der Waals surface area (Å²) in [7, 11) is 0. The number of benzene rings is 1. The van der Waals surface area contributed by atoms with Gasteiger partial charge in [-0.05, 0) is 29.3 Å². The van der Waals surface area contributed by atoms with Crippen LogP contribution in [0.4, 0.5) is 5.69 Å². The Kier molecular flexibility index (Phi) is 3.57. The molecule has 0 aliphatic carbocycles. The topological polar surface area (TPSA) is 71.2 Å². The fourth-order valence-electron chi connectivity index (χ4n) is 1.63. The average molecular weight is 229 g/mol. The molecule has 0 bridgehead atoms. The van der Waals surface area contributed by atoms with E-state index in [2.05, 4.69) is 10.3 Å². The molecule has 0 amide bonds. The van der Waals surface area contributed by atoms with Crippen molar-refractivity contribution >= 4 is 5.69 Å². The van der Waals surface area contributed by atoms with Gasteiger partial charge in [0.1, 0.15) is 5.75 Å². The number of phenols is 1. The first-order valence-corrected chi connectivity index (χ1v) is 5.44. The van der Waals surface area contributed by atoms with Crippen LogP contribution in [0.3, 0.4) is 0 Å². The summed E-state index contributed by atoms with van der Waals surface area (Å²) >= 11 is 0. The molecular weight excluding hydrogens is 214 g/mol. The first-order chi connectivity index (χ1) is 8.29. The van der Waals surface area contributed by atoms with Crippen molar-refractivity contribution in [3.63, 3.8) is 0 Å². The van der Waals surface area contributed by atoms with Crippen LogP contribution in [0.2, 0.25) is 0 Å². The Labute approximate surface area is 100 Å². The van der Waals surface area contributed by atoms with Gasteiger partial charge in [0.05, 0.1) is 0 Å². The Hall–Kier alpha value is -2.07. The normalized spacial score (nSPS) is 10.2. The van der Waals surface area contributed by atoms with Gasteiger partial charge in [0.15, 0.2) is 0 Å². The van der Waals surface area contributed by atoms with E-state index in [1.54, 1.807) is 30.6 Å². The molecule has 0 saturated heterocycles. The molecule has 0 spiro atoms. The molecule has 0 fully saturated rings. The van der Waals surface area contributed by atoms with E-state index in [0.717, 1.165) is 16.8 Å². The molecule has 17 heavy (non-hydrogen) atoms. The van der Waals surface area contributed by atoms with Crippen LogP contribution in [0.5, 0.6) is 5.75 Å². The fourth-order valence-corrected chi connectivity index (χ4v) is 1.63. The maximum Gasteiger partial charge on any atom is 0.117 e. The largest absolute Gasteiger partial charge is 0.508 e. The zero-order valence-corrected chi connectivity index (χ0v) is 9.43. The third-order valence-corrected chi connectivity index (χ3v) is 2.55. The van der Waals surface area contributed by atoms with Gasteiger partial charge in [-0.15, -0.1) is 0 Å². The quantitative estimate of drug-likeness (QED) is 0.748. The molecular formula is C13H15N3O. The van der Waals surface area contributed by atoms with E-state index in [1.165, 1.54) is 0 Å². The van der Waals surface area contributed by atoms with Gasteiger partial charge in [0.25, 0.3) is 0 Å². The fraction of sp³-hybridized carbons (Fsp3) is 0.154. The van der Waals surface area contributed by atoms with Crippen LogP contribution >= 0.6 is 0 Å². The number of nitrogens with two attached hydrogens (primary N) is 1. The lowest BCUT2D eigenvalue weighted by atomic mass is 10.1. The number of pyridine rings is 1. The molecule has 0 aliphatic heterocycles. The summed E-state index contributed by atoms with van der Waals surface area (Å²) in [6, 6.07) is 8.93. The van der Waals surface area contributed by atoms with Gasteiger partial charge < -0.3 is 16.2 Å². The summed E-state index contributed by atoms with van der Waals surface area (Å²) in [5.74, 6) is 0.250. The first-order valence-electron chi connectivity index (χ1n) is 5.44. The third kappa shape index (κ3) is 2.95. The maximum absolute atomic E-state index is 9.34. The molecule has 0 saturated carbocycles. The van der Waals surface area contributed by atoms with Crippen molar-refractivity contribution in [2.24, 2.45) is 5.73 Å². The molecule has 0 aliphatic rings. The third-order valence-electron chi connectivity index (χ3n) is 2.55. The van der Waals surface area contributed by atoms with Crippen LogP contribution in [0.15, 0.2) is 42.7 Å². The number of aromatic nitrogens is 1. The van der Waals surface area contributed by atoms with Crippen LogP contribution in [0, 0.1) is 0 Å². The number of hydrogen-bond donors (Lipinski definition) is 3. The highest BCUT2D eigenvalue weighted by Crippen LogP contribution is 2.16. The molecule has 0 radical (unpaired) electrons. The number of nitrogens with one attached hydrogen (secondary N) is 1. The standard InChI is InChI=1S/C13H15N3O/c14-7-10-4-5-15-8-11(10)9-16-12-2-1-3-13(17)6-12/h1-6,8,16-17H,7,9,14H2. The second-order valence-electron chi connectivity index (χ2n) is 3.75. The lowest BCUT2D eigenvalue weighted by molar-refractivity contribution is 0.475. The summed E-state index contributed by atoms with van der Waals surface area (Å²) in [6.07, 6.45) is 3.54. The maximum atomic E-state index is 9.34. The van der Waals surface area contributed by atoms with Crippen molar-refractivity contribution in [1.29, 1.82) is 0 Å². The van der Waals surface area contributed by atoms with E-state index in [4.69, 9.17) is 5.73 Å². The first kappa shape index (κ1) is 11.4. The van der Waals surface area contributed by atoms with E-state index in [0.29, 0.717) is 13.1 Å². The molecule has 2 aromatic rings. The Bertz CT molecular complexity index is 500. The van der Waals surface area contributed by atoms with Crippen molar-refractivity contribution < 1.29 is 5.11 Å². The van der Waals surface area contributed by atoms with Gasteiger partial charge in [-0.25, -0.2) is 0 Å². The predicted molar refractivity (Wildman–Crippen MR) is 67.6 cm³/mol. The summed E-state index contributed by atoms with van der Waals surface area (Å²) in [5, 5.41) is 12.6. The number of hydrogen-bond acceptors (Lipinski definition) is 4. The van der Waals surface area contributed by atoms with Gasteiger partial charge in [-0.1, -0.05) is 6.07 Å². The van der Waals surface area contributed by atoms with Crippen molar-refractivity contribution in [2.45, 2.75) is 13.1 Å². The minimum Gasteiger partial charge on any atom is -0.508 e. The number of aromatic hydroxyl groups is 1. The average Bonchev–Trinajstić information content (AvgIpc) is 2.37.